The highest BCUT2D eigenvalue weighted by molar-refractivity contribution is 6.36. The van der Waals surface area contributed by atoms with Gasteiger partial charge in [0, 0.05) is 15.6 Å². The second kappa shape index (κ2) is 2.67. The zero-order valence-electron chi connectivity index (χ0n) is 5.68. The van der Waals surface area contributed by atoms with E-state index < -0.39 is 0 Å². The van der Waals surface area contributed by atoms with Crippen molar-refractivity contribution < 1.29 is 4.74 Å². The van der Waals surface area contributed by atoms with Gasteiger partial charge in [-0.25, -0.2) is 0 Å². The molecule has 0 radical (unpaired) electrons. The van der Waals surface area contributed by atoms with E-state index in [0.29, 0.717) is 10.0 Å². The van der Waals surface area contributed by atoms with Crippen LogP contribution >= 0.6 is 23.2 Å². The van der Waals surface area contributed by atoms with E-state index in [0.717, 1.165) is 12.2 Å². The summed E-state index contributed by atoms with van der Waals surface area (Å²) in [5.41, 5.74) is 0.927. The van der Waals surface area contributed by atoms with Crippen LogP contribution in [0.1, 0.15) is 11.7 Å². The molecule has 2 rings (SSSR count). The molecular formula is C8H6Cl2O. The number of ether oxygens (including phenoxy) is 1. The van der Waals surface area contributed by atoms with Gasteiger partial charge in [-0.15, -0.1) is 0 Å². The van der Waals surface area contributed by atoms with E-state index in [4.69, 9.17) is 27.9 Å². The quantitative estimate of drug-likeness (QED) is 0.618. The van der Waals surface area contributed by atoms with Gasteiger partial charge in [-0.2, -0.15) is 0 Å². The Morgan fingerprint density at radius 2 is 1.82 bits per heavy atom. The number of halogens is 2. The lowest BCUT2D eigenvalue weighted by molar-refractivity contribution is 0.416. The molecule has 0 N–H and O–H groups in total. The molecule has 0 unspecified atom stereocenters. The minimum atomic E-state index is 0.135. The SMILES string of the molecule is Clc1cccc(Cl)c1[C@@H]1CO1. The highest BCUT2D eigenvalue weighted by Gasteiger charge is 2.28. The second-order valence-corrected chi connectivity index (χ2v) is 3.27. The molecule has 1 atom stereocenters. The maximum absolute atomic E-state index is 5.90. The van der Waals surface area contributed by atoms with Gasteiger partial charge in [0.2, 0.25) is 0 Å². The third-order valence-electron chi connectivity index (χ3n) is 1.66. The largest absolute Gasteiger partial charge is 0.368 e. The molecule has 11 heavy (non-hydrogen) atoms. The lowest BCUT2D eigenvalue weighted by Gasteiger charge is -2.01. The Balaban J connectivity index is 2.48. The molecule has 0 amide bonds. The normalized spacial score (nSPS) is 21.8. The van der Waals surface area contributed by atoms with Crippen LogP contribution in [0.2, 0.25) is 10.0 Å². The van der Waals surface area contributed by atoms with Gasteiger partial charge in [0.05, 0.1) is 6.61 Å². The minimum absolute atomic E-state index is 0.135. The summed E-state index contributed by atoms with van der Waals surface area (Å²) < 4.78 is 5.09. The number of epoxide rings is 1. The standard InChI is InChI=1S/C8H6Cl2O/c9-5-2-1-3-6(10)8(5)7-4-11-7/h1-3,7H,4H2/t7-/m0/s1. The first kappa shape index (κ1) is 7.41. The summed E-state index contributed by atoms with van der Waals surface area (Å²) in [4.78, 5) is 0. The van der Waals surface area contributed by atoms with Gasteiger partial charge < -0.3 is 4.74 Å². The second-order valence-electron chi connectivity index (χ2n) is 2.46. The third-order valence-corrected chi connectivity index (χ3v) is 2.31. The summed E-state index contributed by atoms with van der Waals surface area (Å²) in [7, 11) is 0. The van der Waals surface area contributed by atoms with Crippen molar-refractivity contribution in [2.75, 3.05) is 6.61 Å². The van der Waals surface area contributed by atoms with Crippen molar-refractivity contribution in [1.29, 1.82) is 0 Å². The Morgan fingerprint density at radius 1 is 1.27 bits per heavy atom. The Kier molecular flexibility index (Phi) is 1.80. The molecule has 0 saturated carbocycles. The third kappa shape index (κ3) is 1.36. The van der Waals surface area contributed by atoms with Crippen LogP contribution in [0.5, 0.6) is 0 Å². The van der Waals surface area contributed by atoms with Gasteiger partial charge in [-0.05, 0) is 12.1 Å². The van der Waals surface area contributed by atoms with E-state index in [1.807, 2.05) is 18.2 Å². The number of hydrogen-bond donors (Lipinski definition) is 0. The van der Waals surface area contributed by atoms with Crippen molar-refractivity contribution in [1.82, 2.24) is 0 Å². The summed E-state index contributed by atoms with van der Waals surface area (Å²) >= 11 is 11.8. The topological polar surface area (TPSA) is 12.5 Å². The first-order valence-electron chi connectivity index (χ1n) is 3.34. The van der Waals surface area contributed by atoms with Crippen LogP contribution in [-0.2, 0) is 4.74 Å². The summed E-state index contributed by atoms with van der Waals surface area (Å²) in [6.45, 7) is 0.740. The predicted molar refractivity (Wildman–Crippen MR) is 45.2 cm³/mol. The Morgan fingerprint density at radius 3 is 2.27 bits per heavy atom. The fourth-order valence-corrected chi connectivity index (χ4v) is 1.67. The van der Waals surface area contributed by atoms with Crippen LogP contribution in [0.4, 0.5) is 0 Å². The maximum atomic E-state index is 5.90. The Bertz CT molecular complexity index is 261. The minimum Gasteiger partial charge on any atom is -0.368 e. The molecule has 0 aromatic heterocycles. The number of benzene rings is 1. The van der Waals surface area contributed by atoms with Gasteiger partial charge in [0.1, 0.15) is 6.10 Å². The summed E-state index contributed by atoms with van der Waals surface area (Å²) in [6, 6.07) is 5.48. The van der Waals surface area contributed by atoms with Crippen LogP contribution in [0.25, 0.3) is 0 Å². The molecule has 1 saturated heterocycles. The molecule has 1 aromatic rings. The molecule has 1 nitrogen and oxygen atoms in total. The van der Waals surface area contributed by atoms with E-state index in [-0.39, 0.29) is 6.10 Å². The number of hydrogen-bond acceptors (Lipinski definition) is 1. The van der Waals surface area contributed by atoms with E-state index in [1.165, 1.54) is 0 Å². The molecule has 0 spiro atoms. The molecule has 1 aliphatic heterocycles. The first-order chi connectivity index (χ1) is 5.29. The van der Waals surface area contributed by atoms with Crippen LogP contribution in [0.15, 0.2) is 18.2 Å². The van der Waals surface area contributed by atoms with Crippen molar-refractivity contribution in [3.05, 3.63) is 33.8 Å². The monoisotopic (exact) mass is 188 g/mol. The molecule has 58 valence electrons. The highest BCUT2D eigenvalue weighted by Crippen LogP contribution is 2.39. The van der Waals surface area contributed by atoms with Crippen LogP contribution < -0.4 is 0 Å². The Labute approximate surface area is 74.9 Å². The zero-order valence-corrected chi connectivity index (χ0v) is 7.19. The van der Waals surface area contributed by atoms with Crippen molar-refractivity contribution in [3.8, 4) is 0 Å². The zero-order chi connectivity index (χ0) is 7.84. The molecule has 1 aromatic carbocycles. The fourth-order valence-electron chi connectivity index (χ4n) is 1.03. The van der Waals surface area contributed by atoms with Crippen LogP contribution in [0.3, 0.4) is 0 Å². The first-order valence-corrected chi connectivity index (χ1v) is 4.10. The van der Waals surface area contributed by atoms with Crippen LogP contribution in [-0.4, -0.2) is 6.61 Å². The average Bonchev–Trinajstić information content (AvgIpc) is 2.70. The number of rotatable bonds is 1. The summed E-state index contributed by atoms with van der Waals surface area (Å²) in [5.74, 6) is 0. The smallest absolute Gasteiger partial charge is 0.109 e. The molecule has 0 bridgehead atoms. The van der Waals surface area contributed by atoms with Crippen molar-refractivity contribution in [2.24, 2.45) is 0 Å². The molecule has 1 heterocycles. The van der Waals surface area contributed by atoms with E-state index >= 15 is 0 Å². The maximum Gasteiger partial charge on any atom is 0.109 e. The predicted octanol–water partition coefficient (Wildman–Crippen LogP) is 3.06. The summed E-state index contributed by atoms with van der Waals surface area (Å²) in [5, 5.41) is 1.39. The van der Waals surface area contributed by atoms with Crippen molar-refractivity contribution in [3.63, 3.8) is 0 Å². The fraction of sp³-hybridized carbons (Fsp3) is 0.250. The van der Waals surface area contributed by atoms with Crippen LogP contribution in [0, 0.1) is 0 Å². The van der Waals surface area contributed by atoms with Gasteiger partial charge in [-0.1, -0.05) is 29.3 Å². The summed E-state index contributed by atoms with van der Waals surface area (Å²) in [6.07, 6.45) is 0.135. The van der Waals surface area contributed by atoms with Crippen molar-refractivity contribution in [2.45, 2.75) is 6.10 Å². The van der Waals surface area contributed by atoms with Gasteiger partial charge in [0.25, 0.3) is 0 Å². The van der Waals surface area contributed by atoms with E-state index in [2.05, 4.69) is 0 Å². The van der Waals surface area contributed by atoms with Gasteiger partial charge in [0.15, 0.2) is 0 Å². The van der Waals surface area contributed by atoms with E-state index in [1.54, 1.807) is 0 Å². The van der Waals surface area contributed by atoms with Crippen molar-refractivity contribution >= 4 is 23.2 Å². The van der Waals surface area contributed by atoms with E-state index in [9.17, 15) is 0 Å². The average molecular weight is 189 g/mol. The highest BCUT2D eigenvalue weighted by atomic mass is 35.5. The lowest BCUT2D eigenvalue weighted by Crippen LogP contribution is -1.83. The van der Waals surface area contributed by atoms with Gasteiger partial charge in [-0.3, -0.25) is 0 Å². The molecule has 1 fully saturated rings. The molecular weight excluding hydrogens is 183 g/mol. The van der Waals surface area contributed by atoms with Gasteiger partial charge >= 0.3 is 0 Å². The molecule has 1 aliphatic rings. The molecule has 0 aliphatic carbocycles. The molecule has 3 heteroatoms. The Hall–Kier alpha value is -0.240. The lowest BCUT2D eigenvalue weighted by atomic mass is 10.2.